The molecule has 0 bridgehead atoms. The fourth-order valence-electron chi connectivity index (χ4n) is 4.17. The van der Waals surface area contributed by atoms with Crippen LogP contribution in [0.4, 0.5) is 4.39 Å². The highest BCUT2D eigenvalue weighted by Crippen LogP contribution is 2.34. The maximum absolute atomic E-state index is 13.5. The molecule has 7 nitrogen and oxygen atoms in total. The first-order valence-electron chi connectivity index (χ1n) is 11.1. The molecule has 0 radical (unpaired) electrons. The molecular formula is C24H32FN3O4S. The van der Waals surface area contributed by atoms with Crippen LogP contribution in [0.2, 0.25) is 0 Å². The first-order chi connectivity index (χ1) is 15.7. The number of methoxy groups -OCH3 is 1. The Hall–Kier alpha value is -2.49. The van der Waals surface area contributed by atoms with E-state index in [9.17, 15) is 17.6 Å². The monoisotopic (exact) mass is 477 g/mol. The Kier molecular flexibility index (Phi) is 8.82. The average molecular weight is 478 g/mol. The highest BCUT2D eigenvalue weighted by Gasteiger charge is 2.25. The Morgan fingerprint density at radius 2 is 1.85 bits per heavy atom. The second-order valence-electron chi connectivity index (χ2n) is 8.42. The summed E-state index contributed by atoms with van der Waals surface area (Å²) in [7, 11) is -1.79. The van der Waals surface area contributed by atoms with Crippen molar-refractivity contribution in [3.63, 3.8) is 0 Å². The lowest BCUT2D eigenvalue weighted by Crippen LogP contribution is -2.34. The number of hydrogen-bond donors (Lipinski definition) is 3. The topological polar surface area (TPSA) is 96.5 Å². The van der Waals surface area contributed by atoms with Crippen molar-refractivity contribution < 1.29 is 22.3 Å². The fourth-order valence-corrected chi connectivity index (χ4v) is 4.64. The minimum atomic E-state index is -3.26. The summed E-state index contributed by atoms with van der Waals surface area (Å²) in [5, 5.41) is 6.31. The van der Waals surface area contributed by atoms with Gasteiger partial charge >= 0.3 is 0 Å². The van der Waals surface area contributed by atoms with Crippen molar-refractivity contribution in [1.82, 2.24) is 15.4 Å². The maximum Gasteiger partial charge on any atom is 0.251 e. The lowest BCUT2D eigenvalue weighted by molar-refractivity contribution is 0.0954. The lowest BCUT2D eigenvalue weighted by atomic mass is 9.96. The van der Waals surface area contributed by atoms with Gasteiger partial charge in [0, 0.05) is 24.7 Å². The molecule has 0 spiro atoms. The van der Waals surface area contributed by atoms with E-state index >= 15 is 0 Å². The summed E-state index contributed by atoms with van der Waals surface area (Å²) in [5.74, 6) is 0.154. The number of amides is 1. The van der Waals surface area contributed by atoms with Crippen LogP contribution < -0.4 is 20.1 Å². The van der Waals surface area contributed by atoms with Crippen LogP contribution in [0.5, 0.6) is 5.75 Å². The van der Waals surface area contributed by atoms with E-state index in [1.807, 2.05) is 24.3 Å². The van der Waals surface area contributed by atoms with Crippen LogP contribution in [-0.4, -0.2) is 53.4 Å². The number of sulfonamides is 1. The molecule has 0 saturated heterocycles. The number of ether oxygens (including phenoxy) is 1. The third kappa shape index (κ3) is 7.80. The predicted octanol–water partition coefficient (Wildman–Crippen LogP) is 2.58. The second kappa shape index (κ2) is 11.6. The highest BCUT2D eigenvalue weighted by atomic mass is 32.2. The Morgan fingerprint density at radius 3 is 2.55 bits per heavy atom. The normalized spacial score (nSPS) is 18.3. The third-order valence-electron chi connectivity index (χ3n) is 5.91. The van der Waals surface area contributed by atoms with Gasteiger partial charge in [0.1, 0.15) is 0 Å². The van der Waals surface area contributed by atoms with Crippen molar-refractivity contribution in [3.05, 3.63) is 65.0 Å². The fraction of sp³-hybridized carbons (Fsp3) is 0.458. The number of carbonyl (C=O) groups excluding carboxylic acids is 1. The Balaban J connectivity index is 1.42. The minimum absolute atomic E-state index is 0.161. The van der Waals surface area contributed by atoms with Gasteiger partial charge in [0.25, 0.3) is 5.91 Å². The molecule has 1 amide bonds. The number of hydrogen-bond acceptors (Lipinski definition) is 5. The van der Waals surface area contributed by atoms with Gasteiger partial charge in [-0.25, -0.2) is 17.5 Å². The average Bonchev–Trinajstić information content (AvgIpc) is 3.26. The summed E-state index contributed by atoms with van der Waals surface area (Å²) in [6.07, 6.45) is 5.11. The zero-order chi connectivity index (χ0) is 23.8. The molecule has 0 unspecified atom stereocenters. The van der Waals surface area contributed by atoms with Gasteiger partial charge in [0.2, 0.25) is 10.0 Å². The van der Waals surface area contributed by atoms with Crippen molar-refractivity contribution in [2.75, 3.05) is 33.0 Å². The zero-order valence-electron chi connectivity index (χ0n) is 19.1. The van der Waals surface area contributed by atoms with E-state index in [0.717, 1.165) is 44.0 Å². The first kappa shape index (κ1) is 25.1. The van der Waals surface area contributed by atoms with Crippen LogP contribution in [0.1, 0.15) is 46.7 Å². The van der Waals surface area contributed by atoms with Gasteiger partial charge < -0.3 is 15.4 Å². The van der Waals surface area contributed by atoms with E-state index < -0.39 is 10.0 Å². The SMILES string of the molecule is COc1cc(CCN[C@H]2CC[C@@H](c3ccc(C(=O)NCCNS(C)(=O)=O)cc3)C2)ccc1F. The van der Waals surface area contributed by atoms with E-state index in [2.05, 4.69) is 15.4 Å². The molecule has 2 atom stereocenters. The van der Waals surface area contributed by atoms with Crippen LogP contribution in [-0.2, 0) is 16.4 Å². The molecule has 1 aliphatic carbocycles. The molecule has 1 aliphatic rings. The predicted molar refractivity (Wildman–Crippen MR) is 127 cm³/mol. The van der Waals surface area contributed by atoms with E-state index in [-0.39, 0.29) is 30.6 Å². The van der Waals surface area contributed by atoms with Crippen LogP contribution >= 0.6 is 0 Å². The summed E-state index contributed by atoms with van der Waals surface area (Å²) in [4.78, 5) is 12.2. The molecule has 33 heavy (non-hydrogen) atoms. The molecule has 2 aromatic carbocycles. The van der Waals surface area contributed by atoms with Gasteiger partial charge in [-0.3, -0.25) is 4.79 Å². The smallest absolute Gasteiger partial charge is 0.251 e. The van der Waals surface area contributed by atoms with E-state index in [1.165, 1.54) is 18.7 Å². The van der Waals surface area contributed by atoms with Gasteiger partial charge in [0.15, 0.2) is 11.6 Å². The first-order valence-corrected chi connectivity index (χ1v) is 13.0. The molecule has 9 heteroatoms. The summed E-state index contributed by atoms with van der Waals surface area (Å²) in [6.45, 7) is 1.21. The summed E-state index contributed by atoms with van der Waals surface area (Å²) >= 11 is 0. The standard InChI is InChI=1S/C24H32FN3O4S/c1-32-23-15-17(3-10-22(23)25)11-12-26-21-9-8-20(16-21)18-4-6-19(7-5-18)24(29)27-13-14-28-33(2,30)31/h3-7,10,15,20-21,26,28H,8-9,11-14,16H2,1-2H3,(H,27,29)/t20-,21+/m1/s1. The molecule has 1 fully saturated rings. The second-order valence-corrected chi connectivity index (χ2v) is 10.3. The number of rotatable bonds is 11. The van der Waals surface area contributed by atoms with E-state index in [4.69, 9.17) is 4.74 Å². The third-order valence-corrected chi connectivity index (χ3v) is 6.64. The van der Waals surface area contributed by atoms with Crippen LogP contribution in [0.15, 0.2) is 42.5 Å². The number of benzene rings is 2. The van der Waals surface area contributed by atoms with Gasteiger partial charge in [-0.15, -0.1) is 0 Å². The van der Waals surface area contributed by atoms with Gasteiger partial charge in [-0.2, -0.15) is 0 Å². The quantitative estimate of drug-likeness (QED) is 0.433. The van der Waals surface area contributed by atoms with Crippen molar-refractivity contribution >= 4 is 15.9 Å². The van der Waals surface area contributed by atoms with Crippen LogP contribution in [0.25, 0.3) is 0 Å². The van der Waals surface area contributed by atoms with Crippen molar-refractivity contribution in [3.8, 4) is 5.75 Å². The van der Waals surface area contributed by atoms with Gasteiger partial charge in [-0.05, 0) is 73.5 Å². The van der Waals surface area contributed by atoms with Crippen molar-refractivity contribution in [2.45, 2.75) is 37.6 Å². The van der Waals surface area contributed by atoms with E-state index in [1.54, 1.807) is 12.1 Å². The molecule has 0 aliphatic heterocycles. The van der Waals surface area contributed by atoms with Crippen molar-refractivity contribution in [1.29, 1.82) is 0 Å². The Morgan fingerprint density at radius 1 is 1.09 bits per heavy atom. The Bertz CT molecular complexity index is 1040. The van der Waals surface area contributed by atoms with Gasteiger partial charge in [0.05, 0.1) is 13.4 Å². The largest absolute Gasteiger partial charge is 0.494 e. The number of nitrogens with one attached hydrogen (secondary N) is 3. The zero-order valence-corrected chi connectivity index (χ0v) is 19.9. The highest BCUT2D eigenvalue weighted by molar-refractivity contribution is 7.88. The molecule has 3 rings (SSSR count). The molecule has 3 N–H and O–H groups in total. The molecule has 0 aromatic heterocycles. The summed E-state index contributed by atoms with van der Waals surface area (Å²) < 4.78 is 43.0. The summed E-state index contributed by atoms with van der Waals surface area (Å²) in [5.41, 5.74) is 2.81. The van der Waals surface area contributed by atoms with Gasteiger partial charge in [-0.1, -0.05) is 18.2 Å². The number of halogens is 1. The molecule has 0 heterocycles. The number of carbonyl (C=O) groups is 1. The molecule has 180 valence electrons. The lowest BCUT2D eigenvalue weighted by Gasteiger charge is -2.14. The van der Waals surface area contributed by atoms with Crippen LogP contribution in [0, 0.1) is 5.82 Å². The molecular weight excluding hydrogens is 445 g/mol. The van der Waals surface area contributed by atoms with Crippen molar-refractivity contribution in [2.24, 2.45) is 0 Å². The minimum Gasteiger partial charge on any atom is -0.494 e. The van der Waals surface area contributed by atoms with Crippen LogP contribution in [0.3, 0.4) is 0 Å². The molecule has 1 saturated carbocycles. The molecule has 2 aromatic rings. The summed E-state index contributed by atoms with van der Waals surface area (Å²) in [6, 6.07) is 13.0. The Labute approximate surface area is 195 Å². The van der Waals surface area contributed by atoms with E-state index in [0.29, 0.717) is 17.5 Å². The maximum atomic E-state index is 13.5.